The number of ether oxygens (including phenoxy) is 1. The Morgan fingerprint density at radius 1 is 1.35 bits per heavy atom. The van der Waals surface area contributed by atoms with Gasteiger partial charge < -0.3 is 15.8 Å². The van der Waals surface area contributed by atoms with E-state index in [4.69, 9.17) is 10.5 Å². The summed E-state index contributed by atoms with van der Waals surface area (Å²) < 4.78 is 5.30. The predicted molar refractivity (Wildman–Crippen MR) is 81.9 cm³/mol. The van der Waals surface area contributed by atoms with Crippen molar-refractivity contribution in [2.24, 2.45) is 0 Å². The summed E-state index contributed by atoms with van der Waals surface area (Å²) in [7, 11) is 1.67. The molecule has 1 aromatic heterocycles. The zero-order valence-electron chi connectivity index (χ0n) is 12.2. The fourth-order valence-corrected chi connectivity index (χ4v) is 2.27. The Kier molecular flexibility index (Phi) is 4.58. The van der Waals surface area contributed by atoms with Gasteiger partial charge in [-0.3, -0.25) is 0 Å². The van der Waals surface area contributed by atoms with Crippen LogP contribution in [0.25, 0.3) is 0 Å². The Morgan fingerprint density at radius 3 is 2.85 bits per heavy atom. The van der Waals surface area contributed by atoms with E-state index in [0.717, 1.165) is 29.0 Å². The number of hydrogen-bond donors (Lipinski definition) is 2. The zero-order valence-corrected chi connectivity index (χ0v) is 12.2. The Balaban J connectivity index is 2.46. The Morgan fingerprint density at radius 2 is 2.15 bits per heavy atom. The Labute approximate surface area is 120 Å². The van der Waals surface area contributed by atoms with Crippen molar-refractivity contribution in [2.45, 2.75) is 19.9 Å². The van der Waals surface area contributed by atoms with Gasteiger partial charge in [-0.15, -0.1) is 0 Å². The molecule has 20 heavy (non-hydrogen) atoms. The number of aromatic nitrogens is 1. The summed E-state index contributed by atoms with van der Waals surface area (Å²) in [5.41, 5.74) is 9.26. The molecule has 0 aliphatic carbocycles. The maximum Gasteiger partial charge on any atom is 0.128 e. The highest BCUT2D eigenvalue weighted by atomic mass is 16.5. The molecule has 1 unspecified atom stereocenters. The Hall–Kier alpha value is -2.07. The first-order valence-electron chi connectivity index (χ1n) is 6.75. The van der Waals surface area contributed by atoms with Crippen molar-refractivity contribution in [3.63, 3.8) is 0 Å². The minimum absolute atomic E-state index is 0.0162. The molecular weight excluding hydrogens is 250 g/mol. The fourth-order valence-electron chi connectivity index (χ4n) is 2.27. The van der Waals surface area contributed by atoms with Gasteiger partial charge in [-0.1, -0.05) is 19.1 Å². The minimum Gasteiger partial charge on any atom is -0.497 e. The number of hydrogen-bond acceptors (Lipinski definition) is 4. The fraction of sp³-hybridized carbons (Fsp3) is 0.312. The maximum atomic E-state index is 6.05. The van der Waals surface area contributed by atoms with Gasteiger partial charge in [0.25, 0.3) is 0 Å². The lowest BCUT2D eigenvalue weighted by Crippen LogP contribution is -2.23. The van der Waals surface area contributed by atoms with Crippen LogP contribution in [0.5, 0.6) is 5.75 Å². The number of nitrogens with zero attached hydrogens (tertiary/aromatic N) is 1. The summed E-state index contributed by atoms with van der Waals surface area (Å²) in [4.78, 5) is 4.26. The number of pyridine rings is 1. The smallest absolute Gasteiger partial charge is 0.128 e. The lowest BCUT2D eigenvalue weighted by atomic mass is 9.98. The molecule has 0 aliphatic heterocycles. The third-order valence-electron chi connectivity index (χ3n) is 3.23. The van der Waals surface area contributed by atoms with Crippen LogP contribution in [-0.2, 0) is 0 Å². The van der Waals surface area contributed by atoms with E-state index in [0.29, 0.717) is 5.82 Å². The van der Waals surface area contributed by atoms with Crippen molar-refractivity contribution in [2.75, 3.05) is 19.4 Å². The number of methoxy groups -OCH3 is 1. The Bertz CT molecular complexity index is 584. The lowest BCUT2D eigenvalue weighted by molar-refractivity contribution is 0.413. The number of nitrogens with two attached hydrogens (primary N) is 1. The van der Waals surface area contributed by atoms with Crippen LogP contribution in [0.1, 0.15) is 29.7 Å². The van der Waals surface area contributed by atoms with Crippen LogP contribution in [-0.4, -0.2) is 18.6 Å². The molecule has 0 radical (unpaired) electrons. The van der Waals surface area contributed by atoms with Gasteiger partial charge >= 0.3 is 0 Å². The SMILES string of the molecule is CCNC(c1cccc(OC)c1)c1cc(C)cnc1N. The lowest BCUT2D eigenvalue weighted by Gasteiger charge is -2.21. The molecule has 0 aliphatic rings. The van der Waals surface area contributed by atoms with E-state index in [9.17, 15) is 0 Å². The molecule has 0 bridgehead atoms. The average Bonchev–Trinajstić information content (AvgIpc) is 2.47. The summed E-state index contributed by atoms with van der Waals surface area (Å²) >= 11 is 0. The molecule has 1 aromatic carbocycles. The van der Waals surface area contributed by atoms with Gasteiger partial charge in [0.1, 0.15) is 11.6 Å². The molecule has 0 fully saturated rings. The van der Waals surface area contributed by atoms with Crippen LogP contribution < -0.4 is 15.8 Å². The number of benzene rings is 1. The molecule has 4 nitrogen and oxygen atoms in total. The van der Waals surface area contributed by atoms with Gasteiger partial charge in [-0.2, -0.15) is 0 Å². The number of nitrogen functional groups attached to an aromatic ring is 1. The van der Waals surface area contributed by atoms with Crippen LogP contribution in [0.2, 0.25) is 0 Å². The molecular formula is C16H21N3O. The van der Waals surface area contributed by atoms with Crippen LogP contribution in [0.3, 0.4) is 0 Å². The summed E-state index contributed by atoms with van der Waals surface area (Å²) in [5, 5.41) is 3.46. The van der Waals surface area contributed by atoms with Crippen LogP contribution in [0.4, 0.5) is 5.82 Å². The summed E-state index contributed by atoms with van der Waals surface area (Å²) in [6, 6.07) is 10.1. The molecule has 0 saturated carbocycles. The van der Waals surface area contributed by atoms with Gasteiger partial charge in [0.05, 0.1) is 13.2 Å². The van der Waals surface area contributed by atoms with Crippen molar-refractivity contribution < 1.29 is 4.74 Å². The quantitative estimate of drug-likeness (QED) is 0.877. The molecule has 0 saturated heterocycles. The maximum absolute atomic E-state index is 6.05. The first kappa shape index (κ1) is 14.3. The van der Waals surface area contributed by atoms with Crippen molar-refractivity contribution in [3.05, 3.63) is 53.2 Å². The van der Waals surface area contributed by atoms with E-state index in [2.05, 4.69) is 29.4 Å². The van der Waals surface area contributed by atoms with Gasteiger partial charge in [-0.25, -0.2) is 4.98 Å². The number of rotatable bonds is 5. The minimum atomic E-state index is 0.0162. The predicted octanol–water partition coefficient (Wildman–Crippen LogP) is 2.68. The van der Waals surface area contributed by atoms with Crippen molar-refractivity contribution >= 4 is 5.82 Å². The van der Waals surface area contributed by atoms with Gasteiger partial charge in [0, 0.05) is 11.8 Å². The number of aryl methyl sites for hydroxylation is 1. The normalized spacial score (nSPS) is 12.2. The van der Waals surface area contributed by atoms with Crippen molar-refractivity contribution in [1.29, 1.82) is 0 Å². The summed E-state index contributed by atoms with van der Waals surface area (Å²) in [5.74, 6) is 1.40. The van der Waals surface area contributed by atoms with Crippen molar-refractivity contribution in [3.8, 4) is 5.75 Å². The van der Waals surface area contributed by atoms with E-state index in [1.807, 2.05) is 25.1 Å². The zero-order chi connectivity index (χ0) is 14.5. The number of nitrogens with one attached hydrogen (secondary N) is 1. The highest BCUT2D eigenvalue weighted by molar-refractivity contribution is 5.48. The van der Waals surface area contributed by atoms with E-state index in [-0.39, 0.29) is 6.04 Å². The number of anilines is 1. The molecule has 3 N–H and O–H groups in total. The molecule has 2 rings (SSSR count). The van der Waals surface area contributed by atoms with Crippen LogP contribution in [0, 0.1) is 6.92 Å². The summed E-state index contributed by atoms with van der Waals surface area (Å²) in [6.07, 6.45) is 1.79. The summed E-state index contributed by atoms with van der Waals surface area (Å²) in [6.45, 7) is 4.94. The highest BCUT2D eigenvalue weighted by Gasteiger charge is 2.17. The second-order valence-electron chi connectivity index (χ2n) is 4.75. The molecule has 4 heteroatoms. The molecule has 1 heterocycles. The second-order valence-corrected chi connectivity index (χ2v) is 4.75. The van der Waals surface area contributed by atoms with E-state index in [1.54, 1.807) is 13.3 Å². The van der Waals surface area contributed by atoms with Gasteiger partial charge in [-0.05, 0) is 42.8 Å². The molecule has 106 valence electrons. The van der Waals surface area contributed by atoms with Gasteiger partial charge in [0.15, 0.2) is 0 Å². The first-order valence-corrected chi connectivity index (χ1v) is 6.75. The molecule has 0 spiro atoms. The monoisotopic (exact) mass is 271 g/mol. The third kappa shape index (κ3) is 3.08. The highest BCUT2D eigenvalue weighted by Crippen LogP contribution is 2.28. The standard InChI is InChI=1S/C16H21N3O/c1-4-18-15(12-6-5-7-13(9-12)20-3)14-8-11(2)10-19-16(14)17/h5-10,15,18H,4H2,1-3H3,(H2,17,19). The first-order chi connectivity index (χ1) is 9.65. The topological polar surface area (TPSA) is 60.2 Å². The van der Waals surface area contributed by atoms with Crippen molar-refractivity contribution in [1.82, 2.24) is 10.3 Å². The van der Waals surface area contributed by atoms with Crippen LogP contribution >= 0.6 is 0 Å². The van der Waals surface area contributed by atoms with E-state index < -0.39 is 0 Å². The van der Waals surface area contributed by atoms with E-state index in [1.165, 1.54) is 0 Å². The third-order valence-corrected chi connectivity index (χ3v) is 3.23. The largest absolute Gasteiger partial charge is 0.497 e. The molecule has 0 amide bonds. The van der Waals surface area contributed by atoms with Gasteiger partial charge in [0.2, 0.25) is 0 Å². The molecule has 2 aromatic rings. The van der Waals surface area contributed by atoms with Crippen LogP contribution in [0.15, 0.2) is 36.5 Å². The van der Waals surface area contributed by atoms with E-state index >= 15 is 0 Å². The molecule has 1 atom stereocenters. The second kappa shape index (κ2) is 6.39. The average molecular weight is 271 g/mol.